The fraction of sp³-hybridized carbons (Fsp3) is 0.308. The van der Waals surface area contributed by atoms with Crippen LogP contribution in [0.15, 0.2) is 53.5 Å². The molecule has 10 heteroatoms. The number of alkyl halides is 3. The van der Waals surface area contributed by atoms with Crippen molar-refractivity contribution in [3.05, 3.63) is 75.7 Å². The largest absolute Gasteiger partial charge is 0.493 e. The minimum atomic E-state index is -4.85. The topological polar surface area (TPSA) is 77.7 Å². The Morgan fingerprint density at radius 3 is 2.50 bits per heavy atom. The normalized spacial score (nSPS) is 15.9. The van der Waals surface area contributed by atoms with E-state index in [1.807, 2.05) is 37.4 Å². The van der Waals surface area contributed by atoms with Crippen LogP contribution in [0.1, 0.15) is 21.5 Å². The lowest BCUT2D eigenvalue weighted by molar-refractivity contribution is -0.138. The maximum absolute atomic E-state index is 13.6. The van der Waals surface area contributed by atoms with Crippen molar-refractivity contribution in [2.45, 2.75) is 12.6 Å². The molecule has 0 saturated carbocycles. The lowest BCUT2D eigenvalue weighted by Crippen LogP contribution is -2.44. The number of aromatic nitrogens is 1. The van der Waals surface area contributed by atoms with Gasteiger partial charge >= 0.3 is 6.18 Å². The highest BCUT2D eigenvalue weighted by atomic mass is 19.4. The average molecular weight is 499 g/mol. The number of H-pyrrole nitrogens is 1. The zero-order valence-electron chi connectivity index (χ0n) is 19.6. The lowest BCUT2D eigenvalue weighted by atomic mass is 10.00. The van der Waals surface area contributed by atoms with Gasteiger partial charge in [0.2, 0.25) is 5.56 Å². The third-order valence-electron chi connectivity index (χ3n) is 6.59. The van der Waals surface area contributed by atoms with Crippen LogP contribution in [0, 0.1) is 0 Å². The number of nitrogens with zero attached hydrogens (tertiary/aromatic N) is 2. The third kappa shape index (κ3) is 4.81. The molecule has 3 heterocycles. The summed E-state index contributed by atoms with van der Waals surface area (Å²) in [5, 5.41) is 2.69. The van der Waals surface area contributed by atoms with E-state index in [-0.39, 0.29) is 0 Å². The molecule has 3 aromatic rings. The molecule has 0 spiro atoms. The second-order valence-electron chi connectivity index (χ2n) is 9.02. The zero-order valence-corrected chi connectivity index (χ0v) is 19.6. The lowest BCUT2D eigenvalue weighted by Gasteiger charge is -2.35. The number of anilines is 2. The molecule has 0 radical (unpaired) electrons. The van der Waals surface area contributed by atoms with Crippen LogP contribution in [-0.2, 0) is 12.6 Å². The van der Waals surface area contributed by atoms with Crippen LogP contribution in [0.5, 0.6) is 5.75 Å². The number of carbonyl (C=O) groups excluding carboxylic acids is 1. The Hall–Kier alpha value is -3.79. The highest BCUT2D eigenvalue weighted by Crippen LogP contribution is 2.36. The summed E-state index contributed by atoms with van der Waals surface area (Å²) < 4.78 is 46.3. The molecule has 1 fully saturated rings. The summed E-state index contributed by atoms with van der Waals surface area (Å²) in [5.41, 5.74) is 1.09. The summed E-state index contributed by atoms with van der Waals surface area (Å²) in [6.45, 7) is 3.68. The summed E-state index contributed by atoms with van der Waals surface area (Å²) in [6.07, 6.45) is -3.24. The zero-order chi connectivity index (χ0) is 25.4. The second-order valence-corrected chi connectivity index (χ2v) is 9.02. The average Bonchev–Trinajstić information content (AvgIpc) is 3.32. The number of piperazine rings is 1. The minimum Gasteiger partial charge on any atom is -0.493 e. The molecule has 7 nitrogen and oxygen atoms in total. The number of hydrogen-bond donors (Lipinski definition) is 2. The molecule has 0 atom stereocenters. The summed E-state index contributed by atoms with van der Waals surface area (Å²) >= 11 is 0. The fourth-order valence-electron chi connectivity index (χ4n) is 4.59. The number of rotatable bonds is 4. The number of amides is 1. The van der Waals surface area contributed by atoms with E-state index >= 15 is 0 Å². The first kappa shape index (κ1) is 23.9. The van der Waals surface area contributed by atoms with E-state index in [2.05, 4.69) is 20.1 Å². The highest BCUT2D eigenvalue weighted by Gasteiger charge is 2.36. The van der Waals surface area contributed by atoms with E-state index in [0.29, 0.717) is 31.5 Å². The Balaban J connectivity index is 1.53. The van der Waals surface area contributed by atoms with Crippen molar-refractivity contribution < 1.29 is 22.7 Å². The number of likely N-dealkylation sites (N-methyl/N-ethyl adjacent to an activating group) is 1. The number of hydrogen-bond acceptors (Lipinski definition) is 5. The molecule has 2 aromatic carbocycles. The maximum Gasteiger partial charge on any atom is 0.417 e. The predicted octanol–water partition coefficient (Wildman–Crippen LogP) is 4.00. The minimum absolute atomic E-state index is 0.401. The van der Waals surface area contributed by atoms with Crippen LogP contribution in [0.2, 0.25) is 0 Å². The number of aromatic amines is 1. The van der Waals surface area contributed by atoms with Crippen LogP contribution >= 0.6 is 0 Å². The Kier molecular flexibility index (Phi) is 6.21. The number of benzene rings is 2. The molecule has 1 aromatic heterocycles. The smallest absolute Gasteiger partial charge is 0.417 e. The molecule has 36 heavy (non-hydrogen) atoms. The van der Waals surface area contributed by atoms with Gasteiger partial charge in [0.25, 0.3) is 5.91 Å². The van der Waals surface area contributed by atoms with E-state index in [1.165, 1.54) is 0 Å². The van der Waals surface area contributed by atoms with E-state index in [1.54, 1.807) is 6.07 Å². The monoisotopic (exact) mass is 498 g/mol. The van der Waals surface area contributed by atoms with E-state index < -0.39 is 28.8 Å². The standard InChI is InChI=1S/C26H25F3N4O3/c1-32-7-9-33(10-8-32)22-4-2-17(16-3-5-23-18(12-16)6-11-36-23)13-21(22)31-25(35)19-15-30-24(34)14-20(19)26(27,28)29/h2-5,12-15H,6-11H2,1H3,(H,30,34)(H,31,35). The molecule has 1 amide bonds. The maximum atomic E-state index is 13.6. The molecular formula is C26H25F3N4O3. The first-order valence-electron chi connectivity index (χ1n) is 11.6. The Labute approximate surface area is 205 Å². The van der Waals surface area contributed by atoms with Gasteiger partial charge in [-0.2, -0.15) is 13.2 Å². The van der Waals surface area contributed by atoms with Crippen molar-refractivity contribution in [3.8, 4) is 16.9 Å². The van der Waals surface area contributed by atoms with Crippen molar-refractivity contribution in [2.75, 3.05) is 50.1 Å². The molecule has 2 aliphatic rings. The van der Waals surface area contributed by atoms with Gasteiger partial charge in [0.15, 0.2) is 0 Å². The van der Waals surface area contributed by atoms with Crippen molar-refractivity contribution in [3.63, 3.8) is 0 Å². The predicted molar refractivity (Wildman–Crippen MR) is 131 cm³/mol. The van der Waals surface area contributed by atoms with Crippen molar-refractivity contribution in [2.24, 2.45) is 0 Å². The van der Waals surface area contributed by atoms with Crippen LogP contribution in [0.3, 0.4) is 0 Å². The molecule has 0 bridgehead atoms. The number of pyridine rings is 1. The van der Waals surface area contributed by atoms with Gasteiger partial charge in [-0.05, 0) is 48.0 Å². The van der Waals surface area contributed by atoms with E-state index in [0.717, 1.165) is 53.8 Å². The van der Waals surface area contributed by atoms with Crippen LogP contribution < -0.4 is 20.5 Å². The number of ether oxygens (including phenoxy) is 1. The molecule has 188 valence electrons. The summed E-state index contributed by atoms with van der Waals surface area (Å²) in [4.78, 5) is 31.1. The van der Waals surface area contributed by atoms with Crippen LogP contribution in [0.25, 0.3) is 11.1 Å². The summed E-state index contributed by atoms with van der Waals surface area (Å²) in [6, 6.07) is 11.9. The molecule has 0 unspecified atom stereocenters. The van der Waals surface area contributed by atoms with E-state index in [9.17, 15) is 22.8 Å². The number of carbonyl (C=O) groups is 1. The van der Waals surface area contributed by atoms with Gasteiger partial charge in [-0.3, -0.25) is 9.59 Å². The fourth-order valence-corrected chi connectivity index (χ4v) is 4.59. The van der Waals surface area contributed by atoms with E-state index in [4.69, 9.17) is 4.74 Å². The van der Waals surface area contributed by atoms with Gasteiger partial charge in [-0.1, -0.05) is 12.1 Å². The van der Waals surface area contributed by atoms with Crippen LogP contribution in [0.4, 0.5) is 24.5 Å². The first-order chi connectivity index (χ1) is 17.2. The Morgan fingerprint density at radius 2 is 1.75 bits per heavy atom. The summed E-state index contributed by atoms with van der Waals surface area (Å²) in [5.74, 6) is -0.104. The first-order valence-corrected chi connectivity index (χ1v) is 11.6. The molecule has 5 rings (SSSR count). The van der Waals surface area contributed by atoms with Crippen molar-refractivity contribution >= 4 is 17.3 Å². The van der Waals surface area contributed by atoms with Gasteiger partial charge in [-0.25, -0.2) is 0 Å². The van der Waals surface area contributed by atoms with Crippen LogP contribution in [-0.4, -0.2) is 55.6 Å². The van der Waals surface area contributed by atoms with Gasteiger partial charge in [0.05, 0.1) is 29.1 Å². The van der Waals surface area contributed by atoms with Crippen molar-refractivity contribution in [1.29, 1.82) is 0 Å². The molecule has 0 aliphatic carbocycles. The molecule has 2 N–H and O–H groups in total. The number of nitrogens with one attached hydrogen (secondary N) is 2. The Morgan fingerprint density at radius 1 is 1.03 bits per heavy atom. The second kappa shape index (κ2) is 9.34. The van der Waals surface area contributed by atoms with Gasteiger partial charge in [0, 0.05) is 44.9 Å². The quantitative estimate of drug-likeness (QED) is 0.569. The third-order valence-corrected chi connectivity index (χ3v) is 6.59. The molecule has 2 aliphatic heterocycles. The van der Waals surface area contributed by atoms with Gasteiger partial charge in [0.1, 0.15) is 5.75 Å². The number of fused-ring (bicyclic) bond motifs is 1. The summed E-state index contributed by atoms with van der Waals surface area (Å²) in [7, 11) is 2.02. The molecular weight excluding hydrogens is 473 g/mol. The van der Waals surface area contributed by atoms with Gasteiger partial charge < -0.3 is 24.8 Å². The highest BCUT2D eigenvalue weighted by molar-refractivity contribution is 6.07. The van der Waals surface area contributed by atoms with Gasteiger partial charge in [-0.15, -0.1) is 0 Å². The molecule has 1 saturated heterocycles. The van der Waals surface area contributed by atoms with Crippen molar-refractivity contribution in [1.82, 2.24) is 9.88 Å². The number of halogens is 3. The Bertz CT molecular complexity index is 1360. The SMILES string of the molecule is CN1CCN(c2ccc(-c3ccc4c(c3)CCO4)cc2NC(=O)c2c[nH]c(=O)cc2C(F)(F)F)CC1.